The highest BCUT2D eigenvalue weighted by atomic mass is 16.6. The first kappa shape index (κ1) is 8.02. The Balaban J connectivity index is 2.10. The molecule has 2 atom stereocenters. The second kappa shape index (κ2) is 2.71. The molecule has 2 heteroatoms. The van der Waals surface area contributed by atoms with E-state index in [0.717, 1.165) is 13.0 Å². The molecule has 0 aromatic carbocycles. The van der Waals surface area contributed by atoms with Gasteiger partial charge in [-0.15, -0.1) is 0 Å². The minimum Gasteiger partial charge on any atom is -0.374 e. The minimum absolute atomic E-state index is 0.115. The molecule has 12 heavy (non-hydrogen) atoms. The Morgan fingerprint density at radius 2 is 2.42 bits per heavy atom. The Labute approximate surface area is 72.9 Å². The number of rotatable bonds is 2. The summed E-state index contributed by atoms with van der Waals surface area (Å²) in [5, 5.41) is 0. The molecule has 1 saturated heterocycles. The minimum atomic E-state index is -0.115. The van der Waals surface area contributed by atoms with Crippen molar-refractivity contribution in [3.8, 4) is 0 Å². The molecule has 0 amide bonds. The first-order valence-electron chi connectivity index (χ1n) is 4.28. The highest BCUT2D eigenvalue weighted by Gasteiger charge is 2.33. The maximum absolute atomic E-state index is 5.40. The molecule has 66 valence electrons. The quantitative estimate of drug-likeness (QED) is 0.582. The number of hydrogen-bond acceptors (Lipinski definition) is 2. The van der Waals surface area contributed by atoms with Crippen LogP contribution >= 0.6 is 0 Å². The molecule has 0 radical (unpaired) electrons. The maximum atomic E-state index is 5.40. The Morgan fingerprint density at radius 3 is 3.00 bits per heavy atom. The van der Waals surface area contributed by atoms with Gasteiger partial charge in [0.25, 0.3) is 0 Å². The van der Waals surface area contributed by atoms with Crippen LogP contribution in [0.5, 0.6) is 0 Å². The van der Waals surface area contributed by atoms with E-state index in [1.807, 2.05) is 0 Å². The van der Waals surface area contributed by atoms with E-state index in [1.165, 1.54) is 5.57 Å². The number of allylic oxidation sites excluding steroid dienone is 2. The summed E-state index contributed by atoms with van der Waals surface area (Å²) in [5.74, 6) is 0. The van der Waals surface area contributed by atoms with E-state index in [4.69, 9.17) is 9.47 Å². The van der Waals surface area contributed by atoms with Crippen LogP contribution in [0.25, 0.3) is 0 Å². The van der Waals surface area contributed by atoms with Gasteiger partial charge in [0.2, 0.25) is 0 Å². The fourth-order valence-electron chi connectivity index (χ4n) is 1.52. The lowest BCUT2D eigenvalue weighted by atomic mass is 9.90. The fourth-order valence-corrected chi connectivity index (χ4v) is 1.52. The third-order valence-corrected chi connectivity index (χ3v) is 2.53. The van der Waals surface area contributed by atoms with Gasteiger partial charge in [-0.2, -0.15) is 0 Å². The molecule has 1 fully saturated rings. The van der Waals surface area contributed by atoms with Crippen LogP contribution in [0.4, 0.5) is 0 Å². The highest BCUT2D eigenvalue weighted by Crippen LogP contribution is 2.32. The topological polar surface area (TPSA) is 21.8 Å². The van der Waals surface area contributed by atoms with E-state index in [-0.39, 0.29) is 5.60 Å². The van der Waals surface area contributed by atoms with Gasteiger partial charge in [-0.3, -0.25) is 0 Å². The first-order valence-corrected chi connectivity index (χ1v) is 4.28. The van der Waals surface area contributed by atoms with Gasteiger partial charge in [0.1, 0.15) is 6.10 Å². The van der Waals surface area contributed by atoms with Crippen molar-refractivity contribution in [1.82, 2.24) is 0 Å². The van der Waals surface area contributed by atoms with Crippen molar-refractivity contribution in [2.24, 2.45) is 0 Å². The normalized spacial score (nSPS) is 39.5. The Bertz CT molecular complexity index is 238. The van der Waals surface area contributed by atoms with Crippen LogP contribution in [-0.2, 0) is 9.47 Å². The lowest BCUT2D eigenvalue weighted by Crippen LogP contribution is -2.27. The van der Waals surface area contributed by atoms with E-state index in [0.29, 0.717) is 6.10 Å². The van der Waals surface area contributed by atoms with Gasteiger partial charge in [-0.05, 0) is 12.5 Å². The Kier molecular flexibility index (Phi) is 1.81. The summed E-state index contributed by atoms with van der Waals surface area (Å²) in [6, 6.07) is 0. The third-order valence-electron chi connectivity index (χ3n) is 2.53. The zero-order valence-electron chi connectivity index (χ0n) is 7.54. The molecule has 0 saturated carbocycles. The van der Waals surface area contributed by atoms with Gasteiger partial charge in [0.05, 0.1) is 12.2 Å². The second-order valence-corrected chi connectivity index (χ2v) is 3.62. The molecule has 2 aliphatic rings. The van der Waals surface area contributed by atoms with E-state index in [9.17, 15) is 0 Å². The SMILES string of the molecule is COC1(C)C=CC=C(C2CO2)C1. The zero-order chi connectivity index (χ0) is 8.60. The van der Waals surface area contributed by atoms with Crippen molar-refractivity contribution >= 4 is 0 Å². The van der Waals surface area contributed by atoms with Crippen molar-refractivity contribution < 1.29 is 9.47 Å². The number of hydrogen-bond donors (Lipinski definition) is 0. The molecule has 0 N–H and O–H groups in total. The molecule has 0 aromatic rings. The van der Waals surface area contributed by atoms with Crippen molar-refractivity contribution in [2.75, 3.05) is 13.7 Å². The number of methoxy groups -OCH3 is 1. The van der Waals surface area contributed by atoms with Crippen LogP contribution in [0.2, 0.25) is 0 Å². The predicted octanol–water partition coefficient (Wildman–Crippen LogP) is 1.68. The first-order chi connectivity index (χ1) is 5.73. The number of epoxide rings is 1. The molecule has 1 heterocycles. The number of ether oxygens (including phenoxy) is 2. The van der Waals surface area contributed by atoms with E-state index in [2.05, 4.69) is 25.2 Å². The summed E-state index contributed by atoms with van der Waals surface area (Å²) in [6.07, 6.45) is 7.64. The zero-order valence-corrected chi connectivity index (χ0v) is 7.54. The molecule has 0 bridgehead atoms. The van der Waals surface area contributed by atoms with E-state index >= 15 is 0 Å². The van der Waals surface area contributed by atoms with Crippen molar-refractivity contribution in [3.63, 3.8) is 0 Å². The Hall–Kier alpha value is -0.600. The summed E-state index contributed by atoms with van der Waals surface area (Å²) in [6.45, 7) is 2.98. The molecular formula is C10H14O2. The molecule has 2 nitrogen and oxygen atoms in total. The predicted molar refractivity (Wildman–Crippen MR) is 47.0 cm³/mol. The van der Waals surface area contributed by atoms with Crippen LogP contribution in [0, 0.1) is 0 Å². The van der Waals surface area contributed by atoms with Gasteiger partial charge < -0.3 is 9.47 Å². The summed E-state index contributed by atoms with van der Waals surface area (Å²) in [5.41, 5.74) is 1.25. The van der Waals surface area contributed by atoms with Crippen molar-refractivity contribution in [2.45, 2.75) is 25.0 Å². The lowest BCUT2D eigenvalue weighted by Gasteiger charge is -2.27. The summed E-state index contributed by atoms with van der Waals surface area (Å²) >= 11 is 0. The Morgan fingerprint density at radius 1 is 1.67 bits per heavy atom. The van der Waals surface area contributed by atoms with Crippen LogP contribution in [0.3, 0.4) is 0 Å². The van der Waals surface area contributed by atoms with Gasteiger partial charge in [-0.1, -0.05) is 18.2 Å². The second-order valence-electron chi connectivity index (χ2n) is 3.62. The molecule has 2 unspecified atom stereocenters. The van der Waals surface area contributed by atoms with Crippen LogP contribution in [0.15, 0.2) is 23.8 Å². The fraction of sp³-hybridized carbons (Fsp3) is 0.600. The largest absolute Gasteiger partial charge is 0.374 e. The van der Waals surface area contributed by atoms with Crippen LogP contribution < -0.4 is 0 Å². The van der Waals surface area contributed by atoms with E-state index < -0.39 is 0 Å². The van der Waals surface area contributed by atoms with Gasteiger partial charge in [-0.25, -0.2) is 0 Å². The van der Waals surface area contributed by atoms with Crippen molar-refractivity contribution in [1.29, 1.82) is 0 Å². The van der Waals surface area contributed by atoms with Gasteiger partial charge >= 0.3 is 0 Å². The van der Waals surface area contributed by atoms with Gasteiger partial charge in [0.15, 0.2) is 0 Å². The lowest BCUT2D eigenvalue weighted by molar-refractivity contribution is 0.0468. The molecule has 0 spiro atoms. The molecule has 1 aliphatic carbocycles. The van der Waals surface area contributed by atoms with Crippen molar-refractivity contribution in [3.05, 3.63) is 23.8 Å². The van der Waals surface area contributed by atoms with Crippen LogP contribution in [0.1, 0.15) is 13.3 Å². The molecular weight excluding hydrogens is 152 g/mol. The van der Waals surface area contributed by atoms with E-state index in [1.54, 1.807) is 7.11 Å². The third kappa shape index (κ3) is 1.45. The smallest absolute Gasteiger partial charge is 0.102 e. The van der Waals surface area contributed by atoms with Gasteiger partial charge in [0, 0.05) is 13.5 Å². The average molecular weight is 166 g/mol. The molecule has 2 rings (SSSR count). The highest BCUT2D eigenvalue weighted by molar-refractivity contribution is 5.29. The summed E-state index contributed by atoms with van der Waals surface area (Å²) in [7, 11) is 1.75. The molecule has 1 aliphatic heterocycles. The summed E-state index contributed by atoms with van der Waals surface area (Å²) in [4.78, 5) is 0. The molecule has 0 aromatic heterocycles. The monoisotopic (exact) mass is 166 g/mol. The standard InChI is InChI=1S/C10H14O2/c1-10(11-2)5-3-4-8(6-10)9-7-12-9/h3-5,9H,6-7H2,1-2H3. The van der Waals surface area contributed by atoms with Crippen LogP contribution in [-0.4, -0.2) is 25.4 Å². The maximum Gasteiger partial charge on any atom is 0.102 e. The average Bonchev–Trinajstić information content (AvgIpc) is 2.87. The summed E-state index contributed by atoms with van der Waals surface area (Å²) < 4.78 is 10.6.